The third-order valence-electron chi connectivity index (χ3n) is 4.11. The van der Waals surface area contributed by atoms with Crippen molar-refractivity contribution in [2.75, 3.05) is 5.32 Å². The summed E-state index contributed by atoms with van der Waals surface area (Å²) in [5.41, 5.74) is 1.21. The third-order valence-corrected chi connectivity index (χ3v) is 5.00. The summed E-state index contributed by atoms with van der Waals surface area (Å²) in [5.74, 6) is -0.598. The summed E-state index contributed by atoms with van der Waals surface area (Å²) in [6, 6.07) is 8.82. The summed E-state index contributed by atoms with van der Waals surface area (Å²) in [6.45, 7) is -0.168. The largest absolute Gasteiger partial charge is 0.349 e. The SMILES string of the molecule is O=C(Cn1cnc2ccsc2c1=O)Nc1ccccc1C(=O)NC1CC1. The maximum absolute atomic E-state index is 12.4. The van der Waals surface area contributed by atoms with Crippen molar-refractivity contribution in [2.24, 2.45) is 0 Å². The average Bonchev–Trinajstić information content (AvgIpc) is 3.30. The number of rotatable bonds is 5. The highest BCUT2D eigenvalue weighted by Crippen LogP contribution is 2.21. The molecule has 0 radical (unpaired) electrons. The Morgan fingerprint density at radius 3 is 2.85 bits per heavy atom. The molecular weight excluding hydrogens is 352 g/mol. The lowest BCUT2D eigenvalue weighted by atomic mass is 10.1. The topological polar surface area (TPSA) is 93.1 Å². The van der Waals surface area contributed by atoms with Crippen LogP contribution in [0.4, 0.5) is 5.69 Å². The quantitative estimate of drug-likeness (QED) is 0.720. The molecule has 3 aromatic rings. The third kappa shape index (κ3) is 3.36. The molecule has 1 aliphatic rings. The van der Waals surface area contributed by atoms with Gasteiger partial charge < -0.3 is 10.6 Å². The molecule has 26 heavy (non-hydrogen) atoms. The van der Waals surface area contributed by atoms with Crippen molar-refractivity contribution in [1.29, 1.82) is 0 Å². The second-order valence-electron chi connectivity index (χ2n) is 6.15. The molecule has 1 fully saturated rings. The van der Waals surface area contributed by atoms with Crippen LogP contribution < -0.4 is 16.2 Å². The Bertz CT molecular complexity index is 1050. The monoisotopic (exact) mass is 368 g/mol. The van der Waals surface area contributed by atoms with Gasteiger partial charge in [-0.1, -0.05) is 12.1 Å². The van der Waals surface area contributed by atoms with Gasteiger partial charge in [-0.3, -0.25) is 19.0 Å². The van der Waals surface area contributed by atoms with Crippen LogP contribution in [-0.4, -0.2) is 27.4 Å². The van der Waals surface area contributed by atoms with E-state index in [9.17, 15) is 14.4 Å². The number of thiophene rings is 1. The summed E-state index contributed by atoms with van der Waals surface area (Å²) >= 11 is 1.30. The first-order valence-electron chi connectivity index (χ1n) is 8.24. The van der Waals surface area contributed by atoms with Gasteiger partial charge in [0.1, 0.15) is 11.2 Å². The number of hydrogen-bond donors (Lipinski definition) is 2. The van der Waals surface area contributed by atoms with Crippen LogP contribution in [0.3, 0.4) is 0 Å². The van der Waals surface area contributed by atoms with Gasteiger partial charge in [0.05, 0.1) is 23.1 Å². The molecule has 0 saturated heterocycles. The van der Waals surface area contributed by atoms with Crippen molar-refractivity contribution in [1.82, 2.24) is 14.9 Å². The molecular formula is C18H16N4O3S. The van der Waals surface area contributed by atoms with Gasteiger partial charge >= 0.3 is 0 Å². The van der Waals surface area contributed by atoms with Crippen LogP contribution in [0.25, 0.3) is 10.2 Å². The fourth-order valence-corrected chi connectivity index (χ4v) is 3.41. The smallest absolute Gasteiger partial charge is 0.271 e. The predicted molar refractivity (Wildman–Crippen MR) is 99.4 cm³/mol. The van der Waals surface area contributed by atoms with Crippen LogP contribution >= 0.6 is 11.3 Å². The van der Waals surface area contributed by atoms with Gasteiger partial charge in [0.15, 0.2) is 0 Å². The van der Waals surface area contributed by atoms with Gasteiger partial charge in [-0.2, -0.15) is 0 Å². The number of carbonyl (C=O) groups excluding carboxylic acids is 2. The van der Waals surface area contributed by atoms with Gasteiger partial charge in [-0.05, 0) is 36.4 Å². The average molecular weight is 368 g/mol. The molecule has 8 heteroatoms. The van der Waals surface area contributed by atoms with Crippen molar-refractivity contribution in [3.63, 3.8) is 0 Å². The molecule has 2 aromatic heterocycles. The van der Waals surface area contributed by atoms with Gasteiger partial charge in [0.25, 0.3) is 11.5 Å². The maximum atomic E-state index is 12.4. The first-order valence-corrected chi connectivity index (χ1v) is 9.12. The van der Waals surface area contributed by atoms with Crippen LogP contribution in [-0.2, 0) is 11.3 Å². The van der Waals surface area contributed by atoms with Gasteiger partial charge in [-0.15, -0.1) is 11.3 Å². The number of hydrogen-bond acceptors (Lipinski definition) is 5. The molecule has 4 rings (SSSR count). The fraction of sp³-hybridized carbons (Fsp3) is 0.222. The second-order valence-corrected chi connectivity index (χ2v) is 7.07. The van der Waals surface area contributed by atoms with E-state index in [4.69, 9.17) is 0 Å². The van der Waals surface area contributed by atoms with Crippen LogP contribution in [0.5, 0.6) is 0 Å². The zero-order chi connectivity index (χ0) is 18.1. The number of carbonyl (C=O) groups is 2. The van der Waals surface area contributed by atoms with E-state index in [1.54, 1.807) is 35.7 Å². The van der Waals surface area contributed by atoms with Crippen molar-refractivity contribution in [2.45, 2.75) is 25.4 Å². The second kappa shape index (κ2) is 6.72. The number of nitrogens with zero attached hydrogens (tertiary/aromatic N) is 2. The van der Waals surface area contributed by atoms with E-state index in [0.717, 1.165) is 12.8 Å². The lowest BCUT2D eigenvalue weighted by Crippen LogP contribution is -2.29. The van der Waals surface area contributed by atoms with Crippen molar-refractivity contribution < 1.29 is 9.59 Å². The van der Waals surface area contributed by atoms with Gasteiger partial charge in [0, 0.05) is 6.04 Å². The molecule has 2 amide bonds. The lowest BCUT2D eigenvalue weighted by Gasteiger charge is -2.11. The summed E-state index contributed by atoms with van der Waals surface area (Å²) in [7, 11) is 0. The first-order chi connectivity index (χ1) is 12.6. The molecule has 132 valence electrons. The summed E-state index contributed by atoms with van der Waals surface area (Å²) < 4.78 is 1.78. The Balaban J connectivity index is 1.52. The molecule has 0 aliphatic heterocycles. The van der Waals surface area contributed by atoms with Crippen molar-refractivity contribution in [3.05, 3.63) is 58.0 Å². The van der Waals surface area contributed by atoms with Crippen molar-refractivity contribution in [3.8, 4) is 0 Å². The van der Waals surface area contributed by atoms with Gasteiger partial charge in [-0.25, -0.2) is 4.98 Å². The highest BCUT2D eigenvalue weighted by molar-refractivity contribution is 7.17. The van der Waals surface area contributed by atoms with Crippen LogP contribution in [0, 0.1) is 0 Å². The van der Waals surface area contributed by atoms with Gasteiger partial charge in [0.2, 0.25) is 5.91 Å². The minimum atomic E-state index is -0.392. The Morgan fingerprint density at radius 1 is 1.23 bits per heavy atom. The molecule has 1 saturated carbocycles. The van der Waals surface area contributed by atoms with Crippen LogP contribution in [0.1, 0.15) is 23.2 Å². The first kappa shape index (κ1) is 16.5. The van der Waals surface area contributed by atoms with E-state index in [-0.39, 0.29) is 24.1 Å². The Labute approximate surface area is 152 Å². The highest BCUT2D eigenvalue weighted by atomic mass is 32.1. The number of benzene rings is 1. The zero-order valence-electron chi connectivity index (χ0n) is 13.8. The lowest BCUT2D eigenvalue weighted by molar-refractivity contribution is -0.116. The standard InChI is InChI=1S/C18H16N4O3S/c23-15(9-22-10-19-14-7-8-26-16(14)18(22)25)21-13-4-2-1-3-12(13)17(24)20-11-5-6-11/h1-4,7-8,10-11H,5-6,9H2,(H,20,24)(H,21,23). The minimum absolute atomic E-state index is 0.168. The van der Waals surface area contributed by atoms with E-state index in [1.165, 1.54) is 22.2 Å². The Kier molecular flexibility index (Phi) is 4.26. The summed E-state index contributed by atoms with van der Waals surface area (Å²) in [6.07, 6.45) is 3.34. The Morgan fingerprint density at radius 2 is 2.04 bits per heavy atom. The van der Waals surface area contributed by atoms with E-state index in [1.807, 2.05) is 0 Å². The molecule has 0 spiro atoms. The van der Waals surface area contributed by atoms with Crippen molar-refractivity contribution >= 4 is 39.1 Å². The summed E-state index contributed by atoms with van der Waals surface area (Å²) in [5, 5.41) is 7.41. The molecule has 0 atom stereocenters. The van der Waals surface area contributed by atoms with E-state index in [0.29, 0.717) is 21.5 Å². The number of nitrogens with one attached hydrogen (secondary N) is 2. The molecule has 0 unspecified atom stereocenters. The zero-order valence-corrected chi connectivity index (χ0v) is 14.6. The predicted octanol–water partition coefficient (Wildman–Crippen LogP) is 1.99. The molecule has 1 aromatic carbocycles. The number of para-hydroxylation sites is 1. The molecule has 2 heterocycles. The Hall–Kier alpha value is -3.00. The van der Waals surface area contributed by atoms with E-state index < -0.39 is 5.91 Å². The van der Waals surface area contributed by atoms with E-state index >= 15 is 0 Å². The number of aromatic nitrogens is 2. The highest BCUT2D eigenvalue weighted by Gasteiger charge is 2.25. The van der Waals surface area contributed by atoms with Crippen LogP contribution in [0.15, 0.2) is 46.8 Å². The molecule has 7 nitrogen and oxygen atoms in total. The molecule has 1 aliphatic carbocycles. The minimum Gasteiger partial charge on any atom is -0.349 e. The fourth-order valence-electron chi connectivity index (χ4n) is 2.62. The van der Waals surface area contributed by atoms with E-state index in [2.05, 4.69) is 15.6 Å². The number of amides is 2. The number of anilines is 1. The van der Waals surface area contributed by atoms with Crippen LogP contribution in [0.2, 0.25) is 0 Å². The molecule has 0 bridgehead atoms. The summed E-state index contributed by atoms with van der Waals surface area (Å²) in [4.78, 5) is 41.2. The molecule has 2 N–H and O–H groups in total. The normalized spacial score (nSPS) is 13.5. The number of fused-ring (bicyclic) bond motifs is 1. The maximum Gasteiger partial charge on any atom is 0.271 e.